The van der Waals surface area contributed by atoms with Gasteiger partial charge in [-0.1, -0.05) is 59.6 Å². The molecule has 0 fully saturated rings. The molecule has 1 heteroatoms. The molecule has 104 valence electrons. The summed E-state index contributed by atoms with van der Waals surface area (Å²) in [5.74, 6) is 0. The maximum absolute atomic E-state index is 4.88. The maximum Gasteiger partial charge on any atom is 0.0487 e. The number of rotatable bonds is 6. The number of allylic oxidation sites excluding steroid dienone is 3. The smallest absolute Gasteiger partial charge is 0.0487 e. The van der Waals surface area contributed by atoms with Crippen LogP contribution in [-0.2, 0) is 0 Å². The lowest BCUT2D eigenvalue weighted by atomic mass is 9.86. The first-order chi connectivity index (χ1) is 8.23. The minimum Gasteiger partial charge on any atom is -0.262 e. The van der Waals surface area contributed by atoms with Gasteiger partial charge in [0, 0.05) is 16.8 Å². The van der Waals surface area contributed by atoms with Crippen molar-refractivity contribution in [3.63, 3.8) is 0 Å². The summed E-state index contributed by atoms with van der Waals surface area (Å²) in [6, 6.07) is 0. The molecule has 0 aromatic rings. The molecule has 0 radical (unpaired) electrons. The highest BCUT2D eigenvalue weighted by atomic mass is 14.8. The lowest BCUT2D eigenvalue weighted by molar-refractivity contribution is 0.492. The van der Waals surface area contributed by atoms with E-state index in [1.165, 1.54) is 22.6 Å². The summed E-state index contributed by atoms with van der Waals surface area (Å²) in [5.41, 5.74) is 5.02. The molecule has 0 N–H and O–H groups in total. The van der Waals surface area contributed by atoms with Crippen molar-refractivity contribution in [1.29, 1.82) is 0 Å². The van der Waals surface area contributed by atoms with E-state index in [4.69, 9.17) is 4.99 Å². The molecular formula is C17H31N. The first-order valence-corrected chi connectivity index (χ1v) is 7.17. The number of nitrogens with zero attached hydrogens (tertiary/aromatic N) is 1. The van der Waals surface area contributed by atoms with Crippen LogP contribution in [0, 0.1) is 5.41 Å². The quantitative estimate of drug-likeness (QED) is 0.409. The minimum absolute atomic E-state index is 0.0791. The predicted molar refractivity (Wildman–Crippen MR) is 84.2 cm³/mol. The Balaban J connectivity index is 5.43. The third-order valence-corrected chi connectivity index (χ3v) is 3.06. The molecule has 0 unspecified atom stereocenters. The molecule has 0 aliphatic carbocycles. The molecule has 0 aliphatic rings. The van der Waals surface area contributed by atoms with Crippen molar-refractivity contribution in [3.8, 4) is 0 Å². The van der Waals surface area contributed by atoms with Gasteiger partial charge in [0.2, 0.25) is 0 Å². The van der Waals surface area contributed by atoms with E-state index >= 15 is 0 Å². The van der Waals surface area contributed by atoms with Crippen molar-refractivity contribution in [1.82, 2.24) is 0 Å². The van der Waals surface area contributed by atoms with Crippen molar-refractivity contribution in [3.05, 3.63) is 23.4 Å². The molecule has 0 aromatic carbocycles. The fourth-order valence-electron chi connectivity index (χ4n) is 2.08. The molecule has 18 heavy (non-hydrogen) atoms. The fourth-order valence-corrected chi connectivity index (χ4v) is 2.08. The molecule has 0 bridgehead atoms. The summed E-state index contributed by atoms with van der Waals surface area (Å²) in [4.78, 5) is 4.88. The van der Waals surface area contributed by atoms with Crippen LogP contribution in [0.25, 0.3) is 0 Å². The lowest BCUT2D eigenvalue weighted by Crippen LogP contribution is -2.12. The molecule has 0 spiro atoms. The highest BCUT2D eigenvalue weighted by Gasteiger charge is 2.20. The van der Waals surface area contributed by atoms with E-state index < -0.39 is 0 Å². The van der Waals surface area contributed by atoms with Crippen molar-refractivity contribution in [2.45, 2.75) is 74.1 Å². The van der Waals surface area contributed by atoms with Gasteiger partial charge in [-0.05, 0) is 32.3 Å². The summed E-state index contributed by atoms with van der Waals surface area (Å²) in [5, 5.41) is 0. The highest BCUT2D eigenvalue weighted by Crippen LogP contribution is 2.32. The van der Waals surface area contributed by atoms with Gasteiger partial charge in [0.25, 0.3) is 0 Å². The monoisotopic (exact) mass is 249 g/mol. The third kappa shape index (κ3) is 5.66. The summed E-state index contributed by atoms with van der Waals surface area (Å²) < 4.78 is 0. The Morgan fingerprint density at radius 2 is 1.50 bits per heavy atom. The molecule has 0 aliphatic heterocycles. The SMILES string of the molecule is C=C(CCC)/C(C)=C(/N=C(\C)CCC)C(C)(C)C. The van der Waals surface area contributed by atoms with Gasteiger partial charge in [-0.25, -0.2) is 0 Å². The van der Waals surface area contributed by atoms with Crippen molar-refractivity contribution in [2.75, 3.05) is 0 Å². The first kappa shape index (κ1) is 17.2. The lowest BCUT2D eigenvalue weighted by Gasteiger charge is -2.24. The van der Waals surface area contributed by atoms with Gasteiger partial charge < -0.3 is 0 Å². The zero-order chi connectivity index (χ0) is 14.3. The average molecular weight is 249 g/mol. The van der Waals surface area contributed by atoms with Crippen LogP contribution in [-0.4, -0.2) is 5.71 Å². The van der Waals surface area contributed by atoms with Crippen molar-refractivity contribution < 1.29 is 0 Å². The van der Waals surface area contributed by atoms with E-state index in [-0.39, 0.29) is 5.41 Å². The molecule has 0 amide bonds. The Hall–Kier alpha value is -0.850. The van der Waals surface area contributed by atoms with E-state index in [0.29, 0.717) is 0 Å². The molecule has 1 nitrogen and oxygen atoms in total. The van der Waals surface area contributed by atoms with Crippen LogP contribution >= 0.6 is 0 Å². The molecule has 0 saturated heterocycles. The molecule has 0 heterocycles. The second kappa shape index (κ2) is 7.56. The Morgan fingerprint density at radius 3 is 1.89 bits per heavy atom. The van der Waals surface area contributed by atoms with Crippen molar-refractivity contribution >= 4 is 5.71 Å². The largest absolute Gasteiger partial charge is 0.262 e. The molecule has 0 aromatic heterocycles. The topological polar surface area (TPSA) is 12.4 Å². The summed E-state index contributed by atoms with van der Waals surface area (Å²) >= 11 is 0. The van der Waals surface area contributed by atoms with E-state index in [0.717, 1.165) is 25.7 Å². The van der Waals surface area contributed by atoms with Gasteiger partial charge >= 0.3 is 0 Å². The number of aliphatic imine (C=N–C) groups is 1. The van der Waals surface area contributed by atoms with Gasteiger partial charge in [0.1, 0.15) is 0 Å². The summed E-state index contributed by atoms with van der Waals surface area (Å²) in [6.45, 7) is 19.6. The number of hydrogen-bond acceptors (Lipinski definition) is 1. The van der Waals surface area contributed by atoms with E-state index in [1.807, 2.05) is 0 Å². The van der Waals surface area contributed by atoms with Gasteiger partial charge in [-0.3, -0.25) is 4.99 Å². The molecule has 0 saturated carbocycles. The summed E-state index contributed by atoms with van der Waals surface area (Å²) in [7, 11) is 0. The van der Waals surface area contributed by atoms with Crippen LogP contribution in [0.15, 0.2) is 28.4 Å². The van der Waals surface area contributed by atoms with Crippen LogP contribution < -0.4 is 0 Å². The van der Waals surface area contributed by atoms with Gasteiger partial charge in [-0.15, -0.1) is 0 Å². The van der Waals surface area contributed by atoms with E-state index in [2.05, 4.69) is 55.0 Å². The normalized spacial score (nSPS) is 14.5. The van der Waals surface area contributed by atoms with Crippen LogP contribution in [0.1, 0.15) is 74.1 Å². The first-order valence-electron chi connectivity index (χ1n) is 7.17. The fraction of sp³-hybridized carbons (Fsp3) is 0.706. The van der Waals surface area contributed by atoms with Gasteiger partial charge in [-0.2, -0.15) is 0 Å². The van der Waals surface area contributed by atoms with E-state index in [9.17, 15) is 0 Å². The second-order valence-corrected chi connectivity index (χ2v) is 6.17. The molecular weight excluding hydrogens is 218 g/mol. The zero-order valence-electron chi connectivity index (χ0n) is 13.5. The standard InChI is InChI=1S/C17H31N/c1-9-11-13(3)15(5)16(17(6,7)8)18-14(4)12-10-2/h3,9-12H2,1-2,4-8H3/b16-15+,18-14+. The zero-order valence-corrected chi connectivity index (χ0v) is 13.5. The van der Waals surface area contributed by atoms with Crippen molar-refractivity contribution in [2.24, 2.45) is 10.4 Å². The van der Waals surface area contributed by atoms with Crippen LogP contribution in [0.2, 0.25) is 0 Å². The van der Waals surface area contributed by atoms with Crippen LogP contribution in [0.3, 0.4) is 0 Å². The number of hydrogen-bond donors (Lipinski definition) is 0. The van der Waals surface area contributed by atoms with Gasteiger partial charge in [0.15, 0.2) is 0 Å². The highest BCUT2D eigenvalue weighted by molar-refractivity contribution is 5.83. The minimum atomic E-state index is 0.0791. The Kier molecular flexibility index (Phi) is 7.20. The van der Waals surface area contributed by atoms with Crippen LogP contribution in [0.4, 0.5) is 0 Å². The average Bonchev–Trinajstić information content (AvgIpc) is 2.24. The molecule has 0 rings (SSSR count). The maximum atomic E-state index is 4.88. The van der Waals surface area contributed by atoms with Crippen LogP contribution in [0.5, 0.6) is 0 Å². The van der Waals surface area contributed by atoms with E-state index in [1.54, 1.807) is 0 Å². The Labute approximate surface area is 114 Å². The Bertz CT molecular complexity index is 337. The predicted octanol–water partition coefficient (Wildman–Crippen LogP) is 5.92. The third-order valence-electron chi connectivity index (χ3n) is 3.06. The Morgan fingerprint density at radius 1 is 1.00 bits per heavy atom. The molecule has 0 atom stereocenters. The van der Waals surface area contributed by atoms with Gasteiger partial charge in [0.05, 0.1) is 0 Å². The summed E-state index contributed by atoms with van der Waals surface area (Å²) in [6.07, 6.45) is 4.44. The second-order valence-electron chi connectivity index (χ2n) is 6.17.